The summed E-state index contributed by atoms with van der Waals surface area (Å²) in [6.07, 6.45) is 1.52. The third kappa shape index (κ3) is 3.32. The van der Waals surface area contributed by atoms with E-state index in [1.165, 1.54) is 0 Å². The smallest absolute Gasteiger partial charge is 0.352 e. The van der Waals surface area contributed by atoms with Gasteiger partial charge in [0.1, 0.15) is 15.5 Å². The van der Waals surface area contributed by atoms with Gasteiger partial charge in [0.05, 0.1) is 11.3 Å². The molecular weight excluding hydrogens is 302 g/mol. The van der Waals surface area contributed by atoms with E-state index < -0.39 is 15.8 Å². The van der Waals surface area contributed by atoms with Gasteiger partial charge in [-0.15, -0.1) is 0 Å². The summed E-state index contributed by atoms with van der Waals surface area (Å²) in [7, 11) is -3.06. The summed E-state index contributed by atoms with van der Waals surface area (Å²) in [5.74, 6) is -1.02. The van der Waals surface area contributed by atoms with Gasteiger partial charge in [0.15, 0.2) is 0 Å². The van der Waals surface area contributed by atoms with Crippen molar-refractivity contribution in [3.8, 4) is 0 Å². The van der Waals surface area contributed by atoms with Crippen molar-refractivity contribution in [1.82, 2.24) is 4.57 Å². The minimum absolute atomic E-state index is 0.0201. The van der Waals surface area contributed by atoms with Gasteiger partial charge >= 0.3 is 5.97 Å². The number of halogens is 1. The second-order valence-corrected chi connectivity index (χ2v) is 7.37. The molecule has 0 saturated carbocycles. The Morgan fingerprint density at radius 2 is 2.05 bits per heavy atom. The molecule has 20 heavy (non-hydrogen) atoms. The zero-order chi connectivity index (χ0) is 14.9. The van der Waals surface area contributed by atoms with E-state index in [0.717, 1.165) is 11.6 Å². The standard InChI is InChI=1S/C13H14ClNO4S/c1-20(18,19)6-2-5-15-11-8-10(14)4-3-9(11)7-12(15)13(16)17/h3-4,7-8H,2,5-6H2,1H3,(H,16,17). The van der Waals surface area contributed by atoms with Crippen LogP contribution in [0.25, 0.3) is 10.9 Å². The van der Waals surface area contributed by atoms with E-state index >= 15 is 0 Å². The summed E-state index contributed by atoms with van der Waals surface area (Å²) in [6.45, 7) is 0.318. The largest absolute Gasteiger partial charge is 0.477 e. The number of aryl methyl sites for hydroxylation is 1. The summed E-state index contributed by atoms with van der Waals surface area (Å²) in [6, 6.07) is 6.69. The van der Waals surface area contributed by atoms with Crippen LogP contribution in [-0.2, 0) is 16.4 Å². The van der Waals surface area contributed by atoms with Crippen LogP contribution >= 0.6 is 11.6 Å². The number of fused-ring (bicyclic) bond motifs is 1. The maximum Gasteiger partial charge on any atom is 0.352 e. The van der Waals surface area contributed by atoms with E-state index in [2.05, 4.69) is 0 Å². The van der Waals surface area contributed by atoms with Gasteiger partial charge in [-0.05, 0) is 24.6 Å². The van der Waals surface area contributed by atoms with E-state index in [1.807, 2.05) is 0 Å². The number of nitrogens with zero attached hydrogens (tertiary/aromatic N) is 1. The van der Waals surface area contributed by atoms with Gasteiger partial charge in [-0.3, -0.25) is 0 Å². The average molecular weight is 316 g/mol. The predicted molar refractivity (Wildman–Crippen MR) is 78.2 cm³/mol. The van der Waals surface area contributed by atoms with Crippen molar-refractivity contribution in [3.63, 3.8) is 0 Å². The Hall–Kier alpha value is -1.53. The lowest BCUT2D eigenvalue weighted by Crippen LogP contribution is -2.12. The number of rotatable bonds is 5. The third-order valence-electron chi connectivity index (χ3n) is 2.98. The number of hydrogen-bond donors (Lipinski definition) is 1. The fraction of sp³-hybridized carbons (Fsp3) is 0.308. The number of carboxylic acids is 1. The molecule has 0 aliphatic heterocycles. The first-order valence-corrected chi connectivity index (χ1v) is 8.41. The topological polar surface area (TPSA) is 76.4 Å². The van der Waals surface area contributed by atoms with Crippen molar-refractivity contribution in [2.24, 2.45) is 0 Å². The van der Waals surface area contributed by atoms with E-state index in [-0.39, 0.29) is 11.4 Å². The Labute approximate surface area is 121 Å². The first-order chi connectivity index (χ1) is 9.28. The molecule has 0 aliphatic carbocycles. The van der Waals surface area contributed by atoms with E-state index in [4.69, 9.17) is 11.6 Å². The van der Waals surface area contributed by atoms with E-state index in [9.17, 15) is 18.3 Å². The van der Waals surface area contributed by atoms with Crippen molar-refractivity contribution in [2.75, 3.05) is 12.0 Å². The lowest BCUT2D eigenvalue weighted by Gasteiger charge is -2.08. The average Bonchev–Trinajstić information content (AvgIpc) is 2.66. The van der Waals surface area contributed by atoms with Gasteiger partial charge in [0.2, 0.25) is 0 Å². The van der Waals surface area contributed by atoms with Crippen molar-refractivity contribution in [3.05, 3.63) is 35.0 Å². The quantitative estimate of drug-likeness (QED) is 0.919. The second-order valence-electron chi connectivity index (χ2n) is 4.67. The van der Waals surface area contributed by atoms with Crippen LogP contribution in [0.5, 0.6) is 0 Å². The summed E-state index contributed by atoms with van der Waals surface area (Å²) in [5.41, 5.74) is 0.833. The molecule has 0 spiro atoms. The van der Waals surface area contributed by atoms with Crippen LogP contribution in [0.4, 0.5) is 0 Å². The predicted octanol–water partition coefficient (Wildman–Crippen LogP) is 2.43. The van der Waals surface area contributed by atoms with Crippen LogP contribution in [0, 0.1) is 0 Å². The van der Waals surface area contributed by atoms with Crippen molar-refractivity contribution < 1.29 is 18.3 Å². The highest BCUT2D eigenvalue weighted by molar-refractivity contribution is 7.90. The van der Waals surface area contributed by atoms with Crippen molar-refractivity contribution in [2.45, 2.75) is 13.0 Å². The monoisotopic (exact) mass is 315 g/mol. The Bertz CT molecular complexity index is 764. The molecule has 108 valence electrons. The van der Waals surface area contributed by atoms with Gasteiger partial charge in [-0.25, -0.2) is 13.2 Å². The lowest BCUT2D eigenvalue weighted by molar-refractivity contribution is 0.0685. The molecule has 0 aliphatic rings. The van der Waals surface area contributed by atoms with Crippen LogP contribution in [-0.4, -0.2) is 36.1 Å². The normalized spacial score (nSPS) is 11.9. The molecule has 0 atom stereocenters. The zero-order valence-corrected chi connectivity index (χ0v) is 12.4. The highest BCUT2D eigenvalue weighted by Crippen LogP contribution is 2.24. The number of hydrogen-bond acceptors (Lipinski definition) is 3. The summed E-state index contributed by atoms with van der Waals surface area (Å²) in [5, 5.41) is 10.5. The molecule has 7 heteroatoms. The molecule has 2 aromatic rings. The molecule has 0 fully saturated rings. The summed E-state index contributed by atoms with van der Waals surface area (Å²) < 4.78 is 23.9. The Morgan fingerprint density at radius 1 is 1.35 bits per heavy atom. The van der Waals surface area contributed by atoms with Crippen LogP contribution in [0.1, 0.15) is 16.9 Å². The third-order valence-corrected chi connectivity index (χ3v) is 4.25. The second kappa shape index (κ2) is 5.46. The van der Waals surface area contributed by atoms with Gasteiger partial charge < -0.3 is 9.67 Å². The fourth-order valence-corrected chi connectivity index (χ4v) is 2.95. The van der Waals surface area contributed by atoms with Gasteiger partial charge in [0.25, 0.3) is 0 Å². The van der Waals surface area contributed by atoms with Crippen molar-refractivity contribution >= 4 is 38.3 Å². The van der Waals surface area contributed by atoms with Gasteiger partial charge in [-0.1, -0.05) is 17.7 Å². The number of carboxylic acid groups (broad SMARTS) is 1. The maximum absolute atomic E-state index is 11.3. The summed E-state index contributed by atoms with van der Waals surface area (Å²) in [4.78, 5) is 11.3. The molecule has 0 amide bonds. The van der Waals surface area contributed by atoms with Crippen LogP contribution < -0.4 is 0 Å². The Balaban J connectivity index is 2.40. The van der Waals surface area contributed by atoms with Crippen LogP contribution in [0.3, 0.4) is 0 Å². The number of sulfone groups is 1. The highest BCUT2D eigenvalue weighted by atomic mass is 35.5. The van der Waals surface area contributed by atoms with Gasteiger partial charge in [0, 0.05) is 23.2 Å². The van der Waals surface area contributed by atoms with Crippen molar-refractivity contribution in [1.29, 1.82) is 0 Å². The number of carbonyl (C=O) groups is 1. The van der Waals surface area contributed by atoms with Crippen LogP contribution in [0.15, 0.2) is 24.3 Å². The van der Waals surface area contributed by atoms with Crippen LogP contribution in [0.2, 0.25) is 5.02 Å². The molecular formula is C13H14ClNO4S. The molecule has 0 saturated heterocycles. The lowest BCUT2D eigenvalue weighted by atomic mass is 10.2. The minimum Gasteiger partial charge on any atom is -0.477 e. The molecule has 1 aromatic heterocycles. The zero-order valence-electron chi connectivity index (χ0n) is 10.8. The molecule has 1 N–H and O–H groups in total. The maximum atomic E-state index is 11.3. The number of aromatic carboxylic acids is 1. The van der Waals surface area contributed by atoms with E-state index in [0.29, 0.717) is 23.5 Å². The fourth-order valence-electron chi connectivity index (χ4n) is 2.13. The number of benzene rings is 1. The van der Waals surface area contributed by atoms with Gasteiger partial charge in [-0.2, -0.15) is 0 Å². The highest BCUT2D eigenvalue weighted by Gasteiger charge is 2.15. The molecule has 0 unspecified atom stereocenters. The Morgan fingerprint density at radius 3 is 2.65 bits per heavy atom. The molecule has 1 heterocycles. The summed E-state index contributed by atoms with van der Waals surface area (Å²) >= 11 is 5.93. The molecule has 5 nitrogen and oxygen atoms in total. The number of aromatic nitrogens is 1. The molecule has 0 radical (unpaired) electrons. The SMILES string of the molecule is CS(=O)(=O)CCCn1c(C(=O)O)cc2ccc(Cl)cc21. The van der Waals surface area contributed by atoms with E-state index in [1.54, 1.807) is 28.8 Å². The first kappa shape index (κ1) is 14.9. The minimum atomic E-state index is -3.06. The molecule has 2 rings (SSSR count). The molecule has 0 bridgehead atoms. The Kier molecular flexibility index (Phi) is 4.06. The molecule has 1 aromatic carbocycles. The first-order valence-electron chi connectivity index (χ1n) is 5.98.